The number of likely N-dealkylation sites (tertiary alicyclic amines) is 1. The lowest BCUT2D eigenvalue weighted by Gasteiger charge is -2.40. The van der Waals surface area contributed by atoms with E-state index in [-0.39, 0.29) is 5.41 Å². The molecule has 1 aliphatic rings. The Morgan fingerprint density at radius 2 is 2.05 bits per heavy atom. The highest BCUT2D eigenvalue weighted by Gasteiger charge is 2.32. The van der Waals surface area contributed by atoms with Gasteiger partial charge in [0.15, 0.2) is 0 Å². The highest BCUT2D eigenvalue weighted by atomic mass is 16.6. The maximum Gasteiger partial charge on any atom is 0.122 e. The van der Waals surface area contributed by atoms with Crippen molar-refractivity contribution in [3.63, 3.8) is 0 Å². The number of aryl methyl sites for hydroxylation is 1. The number of nitrogens with zero attached hydrogens (tertiary/aromatic N) is 3. The zero-order valence-electron chi connectivity index (χ0n) is 12.2. The van der Waals surface area contributed by atoms with Crippen LogP contribution in [0.1, 0.15) is 36.7 Å². The van der Waals surface area contributed by atoms with Gasteiger partial charge in [-0.15, -0.1) is 0 Å². The predicted molar refractivity (Wildman–Crippen MR) is 77.3 cm³/mol. The largest absolute Gasteiger partial charge is 0.296 e. The van der Waals surface area contributed by atoms with E-state index in [2.05, 4.69) is 52.5 Å². The molecule has 2 heterocycles. The summed E-state index contributed by atoms with van der Waals surface area (Å²) < 4.78 is 4.80. The first kappa shape index (κ1) is 13.3. The van der Waals surface area contributed by atoms with Crippen molar-refractivity contribution < 1.29 is 4.63 Å². The Bertz CT molecular complexity index is 566. The number of aromatic nitrogens is 2. The molecule has 0 unspecified atom stereocenters. The normalized spacial score (nSPS) is 23.9. The van der Waals surface area contributed by atoms with Gasteiger partial charge in [0.05, 0.1) is 0 Å². The molecule has 1 aromatic carbocycles. The third-order valence-corrected chi connectivity index (χ3v) is 4.37. The van der Waals surface area contributed by atoms with Gasteiger partial charge in [-0.3, -0.25) is 4.90 Å². The summed E-state index contributed by atoms with van der Waals surface area (Å²) in [6.07, 6.45) is 2.46. The molecule has 1 aromatic heterocycles. The van der Waals surface area contributed by atoms with Crippen molar-refractivity contribution >= 4 is 0 Å². The van der Waals surface area contributed by atoms with Crippen LogP contribution in [-0.2, 0) is 12.0 Å². The summed E-state index contributed by atoms with van der Waals surface area (Å²) in [7, 11) is 0. The number of rotatable bonds is 3. The average Bonchev–Trinajstić information content (AvgIpc) is 2.85. The van der Waals surface area contributed by atoms with Gasteiger partial charge in [-0.2, -0.15) is 0 Å². The lowest BCUT2D eigenvalue weighted by molar-refractivity contribution is 0.146. The van der Waals surface area contributed by atoms with Gasteiger partial charge in [0.25, 0.3) is 0 Å². The van der Waals surface area contributed by atoms with Gasteiger partial charge in [-0.1, -0.05) is 47.6 Å². The molecule has 0 bridgehead atoms. The Morgan fingerprint density at radius 1 is 1.25 bits per heavy atom. The van der Waals surface area contributed by atoms with Crippen LogP contribution in [0.2, 0.25) is 0 Å². The lowest BCUT2D eigenvalue weighted by Crippen LogP contribution is -2.44. The molecule has 0 amide bonds. The molecule has 1 aliphatic heterocycles. The van der Waals surface area contributed by atoms with Crippen LogP contribution in [0.5, 0.6) is 0 Å². The first-order valence-electron chi connectivity index (χ1n) is 7.23. The fourth-order valence-corrected chi connectivity index (χ4v) is 3.16. The van der Waals surface area contributed by atoms with E-state index in [1.807, 2.05) is 6.92 Å². The predicted octanol–water partition coefficient (Wildman–Crippen LogP) is 2.93. The summed E-state index contributed by atoms with van der Waals surface area (Å²) in [5, 5.41) is 7.87. The molecule has 4 heteroatoms. The van der Waals surface area contributed by atoms with Crippen LogP contribution in [0.4, 0.5) is 0 Å². The highest BCUT2D eigenvalue weighted by Crippen LogP contribution is 2.34. The molecule has 1 atom stereocenters. The van der Waals surface area contributed by atoms with Crippen molar-refractivity contribution in [3.05, 3.63) is 47.3 Å². The molecule has 20 heavy (non-hydrogen) atoms. The zero-order valence-corrected chi connectivity index (χ0v) is 12.2. The first-order chi connectivity index (χ1) is 9.67. The van der Waals surface area contributed by atoms with Crippen molar-refractivity contribution in [2.45, 2.75) is 38.6 Å². The Morgan fingerprint density at radius 3 is 2.75 bits per heavy atom. The van der Waals surface area contributed by atoms with E-state index in [9.17, 15) is 0 Å². The number of piperidine rings is 1. The molecular formula is C16H21N3O. The second-order valence-corrected chi connectivity index (χ2v) is 6.04. The van der Waals surface area contributed by atoms with Gasteiger partial charge >= 0.3 is 0 Å². The Balaban J connectivity index is 1.75. The molecule has 0 aliphatic carbocycles. The molecule has 0 N–H and O–H groups in total. The molecule has 106 valence electrons. The molecule has 1 fully saturated rings. The van der Waals surface area contributed by atoms with E-state index in [0.29, 0.717) is 0 Å². The van der Waals surface area contributed by atoms with E-state index in [0.717, 1.165) is 31.0 Å². The van der Waals surface area contributed by atoms with Gasteiger partial charge in [0.2, 0.25) is 0 Å². The smallest absolute Gasteiger partial charge is 0.122 e. The minimum Gasteiger partial charge on any atom is -0.296 e. The van der Waals surface area contributed by atoms with Crippen molar-refractivity contribution in [1.82, 2.24) is 15.2 Å². The molecule has 3 rings (SSSR count). The fraction of sp³-hybridized carbons (Fsp3) is 0.500. The Kier molecular flexibility index (Phi) is 3.57. The van der Waals surface area contributed by atoms with Crippen LogP contribution in [0.3, 0.4) is 0 Å². The van der Waals surface area contributed by atoms with Crippen molar-refractivity contribution in [2.24, 2.45) is 0 Å². The molecule has 1 saturated heterocycles. The van der Waals surface area contributed by atoms with Crippen molar-refractivity contribution in [1.29, 1.82) is 0 Å². The fourth-order valence-electron chi connectivity index (χ4n) is 3.16. The molecule has 4 nitrogen and oxygen atoms in total. The van der Waals surface area contributed by atoms with Crippen LogP contribution in [0.15, 0.2) is 35.0 Å². The third kappa shape index (κ3) is 2.61. The standard InChI is InChI=1S/C16H21N3O/c1-13-15(18-20-17-13)11-19-10-6-9-16(2,12-19)14-7-4-3-5-8-14/h3-5,7-8H,6,9-12H2,1-2H3/t16-/m1/s1. The number of benzene rings is 1. The molecular weight excluding hydrogens is 250 g/mol. The van der Waals surface area contributed by atoms with E-state index >= 15 is 0 Å². The van der Waals surface area contributed by atoms with Gasteiger partial charge in [-0.25, -0.2) is 4.63 Å². The topological polar surface area (TPSA) is 42.2 Å². The summed E-state index contributed by atoms with van der Waals surface area (Å²) in [5.41, 5.74) is 3.52. The quantitative estimate of drug-likeness (QED) is 0.860. The van der Waals surface area contributed by atoms with E-state index in [1.165, 1.54) is 18.4 Å². The maximum absolute atomic E-state index is 4.80. The van der Waals surface area contributed by atoms with E-state index < -0.39 is 0 Å². The number of hydrogen-bond acceptors (Lipinski definition) is 4. The summed E-state index contributed by atoms with van der Waals surface area (Å²) >= 11 is 0. The van der Waals surface area contributed by atoms with Crippen LogP contribution in [-0.4, -0.2) is 28.3 Å². The summed E-state index contributed by atoms with van der Waals surface area (Å²) in [6, 6.07) is 10.8. The van der Waals surface area contributed by atoms with Gasteiger partial charge < -0.3 is 0 Å². The van der Waals surface area contributed by atoms with Crippen molar-refractivity contribution in [2.75, 3.05) is 13.1 Å². The molecule has 2 aromatic rings. The van der Waals surface area contributed by atoms with Gasteiger partial charge in [0, 0.05) is 18.5 Å². The van der Waals surface area contributed by atoms with E-state index in [4.69, 9.17) is 4.63 Å². The molecule has 0 saturated carbocycles. The second-order valence-electron chi connectivity index (χ2n) is 6.04. The lowest BCUT2D eigenvalue weighted by atomic mass is 9.76. The highest BCUT2D eigenvalue weighted by molar-refractivity contribution is 5.25. The van der Waals surface area contributed by atoms with Crippen molar-refractivity contribution in [3.8, 4) is 0 Å². The maximum atomic E-state index is 4.80. The zero-order chi connectivity index (χ0) is 14.0. The van der Waals surface area contributed by atoms with E-state index in [1.54, 1.807) is 0 Å². The second kappa shape index (κ2) is 5.37. The van der Waals surface area contributed by atoms with Gasteiger partial charge in [-0.05, 0) is 31.9 Å². The Labute approximate surface area is 119 Å². The number of hydrogen-bond donors (Lipinski definition) is 0. The third-order valence-electron chi connectivity index (χ3n) is 4.37. The minimum absolute atomic E-state index is 0.227. The first-order valence-corrected chi connectivity index (χ1v) is 7.23. The molecule has 0 radical (unpaired) electrons. The monoisotopic (exact) mass is 271 g/mol. The van der Waals surface area contributed by atoms with Crippen LogP contribution in [0, 0.1) is 6.92 Å². The molecule has 0 spiro atoms. The summed E-state index contributed by atoms with van der Waals surface area (Å²) in [6.45, 7) is 7.32. The summed E-state index contributed by atoms with van der Waals surface area (Å²) in [5.74, 6) is 0. The SMILES string of the molecule is Cc1nonc1CN1CCC[C@@](C)(c2ccccc2)C1. The minimum atomic E-state index is 0.227. The van der Waals surface area contributed by atoms with Gasteiger partial charge in [0.1, 0.15) is 11.4 Å². The van der Waals surface area contributed by atoms with Crippen LogP contribution < -0.4 is 0 Å². The Hall–Kier alpha value is -1.68. The summed E-state index contributed by atoms with van der Waals surface area (Å²) in [4.78, 5) is 2.46. The van der Waals surface area contributed by atoms with Crippen LogP contribution >= 0.6 is 0 Å². The average molecular weight is 271 g/mol. The van der Waals surface area contributed by atoms with Crippen LogP contribution in [0.25, 0.3) is 0 Å².